The van der Waals surface area contributed by atoms with Gasteiger partial charge in [0.15, 0.2) is 0 Å². The molecular weight excluding hydrogens is 292 g/mol. The molecule has 0 spiro atoms. The van der Waals surface area contributed by atoms with Gasteiger partial charge in [-0.1, -0.05) is 0 Å². The number of rotatable bonds is 5. The van der Waals surface area contributed by atoms with Crippen LogP contribution >= 0.6 is 0 Å². The Morgan fingerprint density at radius 1 is 1.35 bits per heavy atom. The number of hydrogen-bond donors (Lipinski definition) is 2. The minimum atomic E-state index is -0.0503. The van der Waals surface area contributed by atoms with Crippen molar-refractivity contribution in [1.29, 1.82) is 0 Å². The Hall–Kier alpha value is -2.50. The fourth-order valence-corrected chi connectivity index (χ4v) is 2.53. The van der Waals surface area contributed by atoms with E-state index in [2.05, 4.69) is 15.7 Å². The van der Waals surface area contributed by atoms with Crippen LogP contribution in [0.2, 0.25) is 0 Å². The lowest BCUT2D eigenvalue weighted by Gasteiger charge is -2.16. The molecule has 0 bridgehead atoms. The van der Waals surface area contributed by atoms with Crippen LogP contribution in [-0.2, 0) is 13.1 Å². The number of ether oxygens (including phenoxy) is 1. The number of nitrogens with one attached hydrogen (secondary N) is 2. The van der Waals surface area contributed by atoms with E-state index in [0.717, 1.165) is 36.7 Å². The third-order valence-corrected chi connectivity index (χ3v) is 3.66. The number of nitrogens with zero attached hydrogens (tertiary/aromatic N) is 2. The first-order valence-electron chi connectivity index (χ1n) is 7.96. The predicted octanol–water partition coefficient (Wildman–Crippen LogP) is 2.42. The minimum Gasteiger partial charge on any atom is -0.478 e. The van der Waals surface area contributed by atoms with Crippen LogP contribution in [0.4, 0.5) is 5.69 Å². The van der Waals surface area contributed by atoms with Gasteiger partial charge in [0.2, 0.25) is 5.88 Å². The maximum Gasteiger partial charge on any atom is 0.251 e. The third-order valence-electron chi connectivity index (χ3n) is 3.66. The molecule has 1 amide bonds. The molecule has 0 saturated carbocycles. The van der Waals surface area contributed by atoms with Crippen molar-refractivity contribution >= 4 is 11.6 Å². The van der Waals surface area contributed by atoms with Crippen LogP contribution < -0.4 is 15.4 Å². The van der Waals surface area contributed by atoms with Gasteiger partial charge in [-0.3, -0.25) is 4.79 Å². The number of carbonyl (C=O) groups is 1. The van der Waals surface area contributed by atoms with Crippen LogP contribution in [-0.4, -0.2) is 28.3 Å². The number of carbonyl (C=O) groups excluding carboxylic acids is 1. The molecule has 0 saturated heterocycles. The number of fused-ring (bicyclic) bond motifs is 1. The van der Waals surface area contributed by atoms with Crippen LogP contribution in [0.1, 0.15) is 36.2 Å². The molecule has 3 rings (SSSR count). The number of amides is 1. The van der Waals surface area contributed by atoms with Gasteiger partial charge in [0.25, 0.3) is 5.91 Å². The predicted molar refractivity (Wildman–Crippen MR) is 88.7 cm³/mol. The molecule has 1 aliphatic heterocycles. The van der Waals surface area contributed by atoms with Gasteiger partial charge in [-0.25, -0.2) is 4.68 Å². The zero-order valence-electron chi connectivity index (χ0n) is 13.5. The molecule has 2 N–H and O–H groups in total. The molecule has 2 aromatic rings. The van der Waals surface area contributed by atoms with Crippen LogP contribution in [0.15, 0.2) is 30.5 Å². The first-order valence-corrected chi connectivity index (χ1v) is 7.96. The number of benzene rings is 1. The molecule has 0 unspecified atom stereocenters. The average Bonchev–Trinajstić information content (AvgIpc) is 2.96. The second-order valence-electron chi connectivity index (χ2n) is 5.96. The number of aryl methyl sites for hydroxylation is 1. The maximum absolute atomic E-state index is 11.9. The van der Waals surface area contributed by atoms with Gasteiger partial charge >= 0.3 is 0 Å². The fourth-order valence-electron chi connectivity index (χ4n) is 2.53. The zero-order chi connectivity index (χ0) is 16.2. The summed E-state index contributed by atoms with van der Waals surface area (Å²) in [5, 5.41) is 10.6. The summed E-state index contributed by atoms with van der Waals surface area (Å²) < 4.78 is 7.58. The molecule has 0 atom stereocenters. The molecule has 2 heterocycles. The first-order chi connectivity index (χ1) is 11.1. The van der Waals surface area contributed by atoms with E-state index in [4.69, 9.17) is 4.74 Å². The Labute approximate surface area is 135 Å². The highest BCUT2D eigenvalue weighted by atomic mass is 16.5. The van der Waals surface area contributed by atoms with E-state index >= 15 is 0 Å². The van der Waals surface area contributed by atoms with Crippen molar-refractivity contribution < 1.29 is 9.53 Å². The normalized spacial score (nSPS) is 13.3. The van der Waals surface area contributed by atoms with Crippen LogP contribution in [0.3, 0.4) is 0 Å². The monoisotopic (exact) mass is 314 g/mol. The summed E-state index contributed by atoms with van der Waals surface area (Å²) in [6, 6.07) is 7.60. The lowest BCUT2D eigenvalue weighted by Crippen LogP contribution is -2.29. The van der Waals surface area contributed by atoms with Gasteiger partial charge in [-0.15, -0.1) is 0 Å². The third kappa shape index (κ3) is 3.64. The number of hydrogen-bond acceptors (Lipinski definition) is 4. The largest absolute Gasteiger partial charge is 0.478 e. The Bertz CT molecular complexity index is 676. The Morgan fingerprint density at radius 3 is 2.87 bits per heavy atom. The Morgan fingerprint density at radius 2 is 2.13 bits per heavy atom. The van der Waals surface area contributed by atoms with Crippen LogP contribution in [0.5, 0.6) is 5.88 Å². The highest BCUT2D eigenvalue weighted by Crippen LogP contribution is 2.23. The van der Waals surface area contributed by atoms with Gasteiger partial charge in [-0.05, 0) is 38.1 Å². The molecular formula is C17H22N4O2. The molecule has 0 fully saturated rings. The van der Waals surface area contributed by atoms with E-state index in [-0.39, 0.29) is 11.9 Å². The summed E-state index contributed by atoms with van der Waals surface area (Å²) in [5.41, 5.74) is 2.67. The fraction of sp³-hybridized carbons (Fsp3) is 0.412. The SMILES string of the molecule is CC(C)NC(=O)c1ccc(NCc2cnn3c2OCCC3)cc1. The van der Waals surface area contributed by atoms with Crippen molar-refractivity contribution in [2.45, 2.75) is 39.4 Å². The highest BCUT2D eigenvalue weighted by Gasteiger charge is 2.15. The molecule has 23 heavy (non-hydrogen) atoms. The molecule has 6 heteroatoms. The molecule has 6 nitrogen and oxygen atoms in total. The molecule has 0 aliphatic carbocycles. The smallest absolute Gasteiger partial charge is 0.251 e. The standard InChI is InChI=1S/C17H22N4O2/c1-12(2)20-16(22)13-4-6-15(7-5-13)18-10-14-11-19-21-8-3-9-23-17(14)21/h4-7,11-12,18H,3,8-10H2,1-2H3,(H,20,22). The Kier molecular flexibility index (Phi) is 4.50. The molecule has 1 aromatic carbocycles. The zero-order valence-corrected chi connectivity index (χ0v) is 13.5. The average molecular weight is 314 g/mol. The second kappa shape index (κ2) is 6.73. The molecule has 1 aliphatic rings. The van der Waals surface area contributed by atoms with Crippen molar-refractivity contribution in [3.8, 4) is 5.88 Å². The van der Waals surface area contributed by atoms with Crippen molar-refractivity contribution in [2.75, 3.05) is 11.9 Å². The van der Waals surface area contributed by atoms with E-state index in [1.807, 2.05) is 49.0 Å². The van der Waals surface area contributed by atoms with Crippen molar-refractivity contribution in [3.63, 3.8) is 0 Å². The van der Waals surface area contributed by atoms with Crippen molar-refractivity contribution in [3.05, 3.63) is 41.6 Å². The topological polar surface area (TPSA) is 68.2 Å². The summed E-state index contributed by atoms with van der Waals surface area (Å²) in [4.78, 5) is 11.9. The molecule has 122 valence electrons. The lowest BCUT2D eigenvalue weighted by atomic mass is 10.2. The van der Waals surface area contributed by atoms with E-state index < -0.39 is 0 Å². The summed E-state index contributed by atoms with van der Waals surface area (Å²) in [6.45, 7) is 6.20. The van der Waals surface area contributed by atoms with Gasteiger partial charge in [0.05, 0.1) is 18.4 Å². The number of aromatic nitrogens is 2. The highest BCUT2D eigenvalue weighted by molar-refractivity contribution is 5.94. The summed E-state index contributed by atoms with van der Waals surface area (Å²) in [7, 11) is 0. The Balaban J connectivity index is 1.61. The van der Waals surface area contributed by atoms with E-state index in [0.29, 0.717) is 12.1 Å². The molecule has 0 radical (unpaired) electrons. The maximum atomic E-state index is 11.9. The van der Waals surface area contributed by atoms with Gasteiger partial charge < -0.3 is 15.4 Å². The van der Waals surface area contributed by atoms with Gasteiger partial charge in [0.1, 0.15) is 0 Å². The van der Waals surface area contributed by atoms with E-state index in [9.17, 15) is 4.79 Å². The summed E-state index contributed by atoms with van der Waals surface area (Å²) >= 11 is 0. The summed E-state index contributed by atoms with van der Waals surface area (Å²) in [6.07, 6.45) is 2.85. The first kappa shape index (κ1) is 15.4. The van der Waals surface area contributed by atoms with E-state index in [1.165, 1.54) is 0 Å². The van der Waals surface area contributed by atoms with Crippen LogP contribution in [0, 0.1) is 0 Å². The quantitative estimate of drug-likeness (QED) is 0.889. The minimum absolute atomic E-state index is 0.0503. The van der Waals surface area contributed by atoms with E-state index in [1.54, 1.807) is 0 Å². The lowest BCUT2D eigenvalue weighted by molar-refractivity contribution is 0.0943. The molecule has 1 aromatic heterocycles. The number of anilines is 1. The van der Waals surface area contributed by atoms with Gasteiger partial charge in [-0.2, -0.15) is 5.10 Å². The van der Waals surface area contributed by atoms with Crippen molar-refractivity contribution in [1.82, 2.24) is 15.1 Å². The van der Waals surface area contributed by atoms with Gasteiger partial charge in [0, 0.05) is 36.8 Å². The van der Waals surface area contributed by atoms with Crippen molar-refractivity contribution in [2.24, 2.45) is 0 Å². The van der Waals surface area contributed by atoms with Crippen LogP contribution in [0.25, 0.3) is 0 Å². The second-order valence-corrected chi connectivity index (χ2v) is 5.96. The summed E-state index contributed by atoms with van der Waals surface area (Å²) in [5.74, 6) is 0.808.